The van der Waals surface area contributed by atoms with E-state index in [1.54, 1.807) is 0 Å². The molecule has 1 saturated carbocycles. The van der Waals surface area contributed by atoms with Crippen molar-refractivity contribution in [3.8, 4) is 11.8 Å². The van der Waals surface area contributed by atoms with Gasteiger partial charge in [0.2, 0.25) is 0 Å². The molecule has 1 aromatic heterocycles. The van der Waals surface area contributed by atoms with Gasteiger partial charge >= 0.3 is 5.97 Å². The highest BCUT2D eigenvalue weighted by Gasteiger charge is 2.45. The Morgan fingerprint density at radius 1 is 1.24 bits per heavy atom. The molecule has 1 aliphatic rings. The van der Waals surface area contributed by atoms with Crippen molar-refractivity contribution >= 4 is 17.6 Å². The van der Waals surface area contributed by atoms with Crippen molar-refractivity contribution in [2.24, 2.45) is 5.92 Å². The highest BCUT2D eigenvalue weighted by molar-refractivity contribution is 6.30. The molecule has 1 aliphatic carbocycles. The van der Waals surface area contributed by atoms with Crippen LogP contribution in [0.4, 0.5) is 4.39 Å². The van der Waals surface area contributed by atoms with Gasteiger partial charge < -0.3 is 4.74 Å². The predicted molar refractivity (Wildman–Crippen MR) is 110 cm³/mol. The molecule has 152 valence electrons. The van der Waals surface area contributed by atoms with Gasteiger partial charge in [-0.3, -0.25) is 4.79 Å². The molecule has 0 amide bonds. The van der Waals surface area contributed by atoms with E-state index in [9.17, 15) is 4.79 Å². The normalized spacial score (nSPS) is 24.3. The summed E-state index contributed by atoms with van der Waals surface area (Å²) in [6, 6.07) is 9.51. The van der Waals surface area contributed by atoms with E-state index in [1.165, 1.54) is 12.4 Å². The quantitative estimate of drug-likeness (QED) is 0.505. The summed E-state index contributed by atoms with van der Waals surface area (Å²) >= 11 is 5.98. The fraction of sp³-hybridized carbons (Fsp3) is 0.435. The predicted octanol–water partition coefficient (Wildman–Crippen LogP) is 5.12. The lowest BCUT2D eigenvalue weighted by atomic mass is 9.70. The van der Waals surface area contributed by atoms with Crippen LogP contribution in [0.25, 0.3) is 0 Å². The van der Waals surface area contributed by atoms with Crippen molar-refractivity contribution < 1.29 is 13.9 Å². The maximum Gasteiger partial charge on any atom is 0.310 e. The minimum Gasteiger partial charge on any atom is -0.460 e. The largest absolute Gasteiger partial charge is 0.460 e. The van der Waals surface area contributed by atoms with Crippen LogP contribution in [0.2, 0.25) is 5.15 Å². The zero-order valence-corrected chi connectivity index (χ0v) is 17.5. The van der Waals surface area contributed by atoms with Gasteiger partial charge in [0, 0.05) is 24.7 Å². The lowest BCUT2D eigenvalue weighted by molar-refractivity contribution is -0.162. The third-order valence-electron chi connectivity index (χ3n) is 4.88. The molecule has 0 radical (unpaired) electrons. The third kappa shape index (κ3) is 5.55. The van der Waals surface area contributed by atoms with Gasteiger partial charge in [0.15, 0.2) is 16.5 Å². The van der Waals surface area contributed by atoms with Gasteiger partial charge in [-0.25, -0.2) is 14.4 Å². The maximum absolute atomic E-state index is 15.7. The highest BCUT2D eigenvalue weighted by Crippen LogP contribution is 2.45. The third-order valence-corrected chi connectivity index (χ3v) is 5.15. The number of hydrogen-bond acceptors (Lipinski definition) is 4. The number of ether oxygens (including phenoxy) is 1. The second kappa shape index (κ2) is 8.51. The van der Waals surface area contributed by atoms with Gasteiger partial charge in [-0.2, -0.15) is 0 Å². The van der Waals surface area contributed by atoms with Gasteiger partial charge in [-0.05, 0) is 45.1 Å². The summed E-state index contributed by atoms with van der Waals surface area (Å²) in [4.78, 5) is 20.8. The average molecular weight is 415 g/mol. The number of nitrogens with zero attached hydrogens (tertiary/aromatic N) is 2. The van der Waals surface area contributed by atoms with E-state index in [0.717, 1.165) is 5.56 Å². The molecule has 2 aromatic rings. The van der Waals surface area contributed by atoms with Crippen LogP contribution in [0.15, 0.2) is 42.7 Å². The van der Waals surface area contributed by atoms with E-state index in [4.69, 9.17) is 16.3 Å². The molecule has 0 spiro atoms. The molecule has 4 nitrogen and oxygen atoms in total. The minimum atomic E-state index is -1.75. The molecule has 6 heteroatoms. The SMILES string of the molecule is CC(C)(C)OC(=O)[C@@H]1CCC(F)(C#Cc2nccnc2Cl)C[C@H]1c1ccccc1. The molecule has 1 unspecified atom stereocenters. The van der Waals surface area contributed by atoms with Gasteiger partial charge in [0.1, 0.15) is 5.60 Å². The number of halogens is 2. The number of esters is 1. The van der Waals surface area contributed by atoms with Crippen LogP contribution in [0.5, 0.6) is 0 Å². The number of alkyl halides is 1. The van der Waals surface area contributed by atoms with Crippen molar-refractivity contribution in [3.05, 3.63) is 59.1 Å². The summed E-state index contributed by atoms with van der Waals surface area (Å²) < 4.78 is 21.3. The molecule has 0 saturated heterocycles. The van der Waals surface area contributed by atoms with Crippen molar-refractivity contribution in [2.45, 2.75) is 57.2 Å². The molecule has 1 heterocycles. The lowest BCUT2D eigenvalue weighted by Crippen LogP contribution is -2.39. The summed E-state index contributed by atoms with van der Waals surface area (Å²) in [7, 11) is 0. The molecular formula is C23H24ClFN2O2. The molecule has 0 N–H and O–H groups in total. The maximum atomic E-state index is 15.7. The lowest BCUT2D eigenvalue weighted by Gasteiger charge is -2.37. The second-order valence-electron chi connectivity index (χ2n) is 8.31. The van der Waals surface area contributed by atoms with E-state index in [1.807, 2.05) is 51.1 Å². The van der Waals surface area contributed by atoms with E-state index in [-0.39, 0.29) is 35.6 Å². The number of benzene rings is 1. The first-order valence-corrected chi connectivity index (χ1v) is 10.0. The Morgan fingerprint density at radius 2 is 1.93 bits per heavy atom. The number of carbonyl (C=O) groups excluding carboxylic acids is 1. The van der Waals surface area contributed by atoms with Crippen molar-refractivity contribution in [3.63, 3.8) is 0 Å². The molecule has 0 bridgehead atoms. The molecule has 1 fully saturated rings. The molecular weight excluding hydrogens is 391 g/mol. The van der Waals surface area contributed by atoms with Crippen molar-refractivity contribution in [1.82, 2.24) is 9.97 Å². The minimum absolute atomic E-state index is 0.103. The Bertz CT molecular complexity index is 933. The first-order valence-electron chi connectivity index (χ1n) is 9.63. The van der Waals surface area contributed by atoms with Gasteiger partial charge in [-0.15, -0.1) is 0 Å². The number of rotatable bonds is 2. The molecule has 0 aliphatic heterocycles. The first kappa shape index (κ1) is 21.3. The summed E-state index contributed by atoms with van der Waals surface area (Å²) in [5.41, 5.74) is -1.19. The standard InChI is InChI=1S/C23H24ClFN2O2/c1-22(2,3)29-21(28)17-9-11-23(25,12-10-19-20(24)27-14-13-26-19)15-18(17)16-7-5-4-6-8-16/h4-8,13-14,17-18H,9,11,15H2,1-3H3/t17-,18+,23?/m1/s1. The summed E-state index contributed by atoms with van der Waals surface area (Å²) in [6.07, 6.45) is 3.52. The summed E-state index contributed by atoms with van der Waals surface area (Å²) in [5.74, 6) is 4.41. The number of carbonyl (C=O) groups is 1. The summed E-state index contributed by atoms with van der Waals surface area (Å²) in [5, 5.41) is 0.144. The van der Waals surface area contributed by atoms with E-state index < -0.39 is 17.2 Å². The van der Waals surface area contributed by atoms with Crippen molar-refractivity contribution in [1.29, 1.82) is 0 Å². The Kier molecular flexibility index (Phi) is 6.24. The molecule has 3 rings (SSSR count). The monoisotopic (exact) mass is 414 g/mol. The zero-order valence-electron chi connectivity index (χ0n) is 16.8. The Hall–Kier alpha value is -2.45. The highest BCUT2D eigenvalue weighted by atomic mass is 35.5. The van der Waals surface area contributed by atoms with Gasteiger partial charge in [-0.1, -0.05) is 47.9 Å². The van der Waals surface area contributed by atoms with Crippen LogP contribution >= 0.6 is 11.6 Å². The molecule has 1 aromatic carbocycles. The van der Waals surface area contributed by atoms with E-state index >= 15 is 4.39 Å². The fourth-order valence-corrected chi connectivity index (χ4v) is 3.73. The summed E-state index contributed by atoms with van der Waals surface area (Å²) in [6.45, 7) is 5.50. The van der Waals surface area contributed by atoms with Gasteiger partial charge in [0.25, 0.3) is 0 Å². The Balaban J connectivity index is 1.89. The van der Waals surface area contributed by atoms with E-state index in [0.29, 0.717) is 6.42 Å². The molecule has 29 heavy (non-hydrogen) atoms. The van der Waals surface area contributed by atoms with E-state index in [2.05, 4.69) is 21.8 Å². The van der Waals surface area contributed by atoms with Crippen LogP contribution in [0, 0.1) is 17.8 Å². The second-order valence-corrected chi connectivity index (χ2v) is 8.67. The van der Waals surface area contributed by atoms with Crippen LogP contribution in [-0.2, 0) is 9.53 Å². The molecule has 3 atom stereocenters. The van der Waals surface area contributed by atoms with Crippen molar-refractivity contribution in [2.75, 3.05) is 0 Å². The number of aromatic nitrogens is 2. The fourth-order valence-electron chi connectivity index (χ4n) is 3.58. The van der Waals surface area contributed by atoms with Crippen LogP contribution in [-0.4, -0.2) is 27.2 Å². The number of hydrogen-bond donors (Lipinski definition) is 0. The first-order chi connectivity index (χ1) is 13.7. The van der Waals surface area contributed by atoms with Crippen LogP contribution < -0.4 is 0 Å². The van der Waals surface area contributed by atoms with Crippen LogP contribution in [0.3, 0.4) is 0 Å². The van der Waals surface area contributed by atoms with Crippen LogP contribution in [0.1, 0.15) is 57.2 Å². The smallest absolute Gasteiger partial charge is 0.310 e. The Labute approximate surface area is 175 Å². The Morgan fingerprint density at radius 3 is 2.59 bits per heavy atom. The zero-order chi connectivity index (χ0) is 21.1. The van der Waals surface area contributed by atoms with Gasteiger partial charge in [0.05, 0.1) is 5.92 Å². The topological polar surface area (TPSA) is 52.1 Å². The average Bonchev–Trinajstić information content (AvgIpc) is 2.66.